The Morgan fingerprint density at radius 2 is 2.20 bits per heavy atom. The second-order valence-electron chi connectivity index (χ2n) is 3.78. The van der Waals surface area contributed by atoms with Crippen LogP contribution in [0.25, 0.3) is 0 Å². The van der Waals surface area contributed by atoms with Crippen molar-refractivity contribution in [3.05, 3.63) is 29.3 Å². The molecule has 0 spiro atoms. The number of hydrogen-bond acceptors (Lipinski definition) is 2. The topological polar surface area (TPSA) is 49.3 Å². The molecule has 0 aliphatic rings. The fourth-order valence-corrected chi connectivity index (χ4v) is 1.16. The number of carbonyl (C=O) groups is 1. The normalized spacial score (nSPS) is 12.2. The van der Waals surface area contributed by atoms with Crippen LogP contribution >= 0.6 is 0 Å². The van der Waals surface area contributed by atoms with Crippen molar-refractivity contribution in [2.24, 2.45) is 0 Å². The van der Waals surface area contributed by atoms with E-state index in [9.17, 15) is 9.90 Å². The number of benzene rings is 1. The molecule has 0 heterocycles. The van der Waals surface area contributed by atoms with Crippen LogP contribution in [0.3, 0.4) is 0 Å². The molecule has 0 bridgehead atoms. The zero-order valence-corrected chi connectivity index (χ0v) is 9.37. The summed E-state index contributed by atoms with van der Waals surface area (Å²) in [6.45, 7) is 5.76. The molecular weight excluding hydrogens is 190 g/mol. The average molecular weight is 207 g/mol. The van der Waals surface area contributed by atoms with Crippen molar-refractivity contribution >= 4 is 5.91 Å². The molecule has 0 saturated heterocycles. The lowest BCUT2D eigenvalue weighted by molar-refractivity contribution is 0.0939. The molecule has 1 rings (SSSR count). The third kappa shape index (κ3) is 2.98. The molecule has 0 aromatic heterocycles. The van der Waals surface area contributed by atoms with Crippen LogP contribution in [0, 0.1) is 6.92 Å². The summed E-state index contributed by atoms with van der Waals surface area (Å²) < 4.78 is 0. The Bertz CT molecular complexity index is 361. The number of carbonyl (C=O) groups excluding carboxylic acids is 1. The summed E-state index contributed by atoms with van der Waals surface area (Å²) in [5, 5.41) is 12.3. The van der Waals surface area contributed by atoms with Gasteiger partial charge in [0.25, 0.3) is 5.91 Å². The molecule has 1 aromatic carbocycles. The maximum atomic E-state index is 11.7. The molecule has 0 radical (unpaired) electrons. The van der Waals surface area contributed by atoms with E-state index in [-0.39, 0.29) is 17.7 Å². The van der Waals surface area contributed by atoms with E-state index in [1.165, 1.54) is 6.07 Å². The molecule has 1 unspecified atom stereocenters. The Morgan fingerprint density at radius 1 is 1.53 bits per heavy atom. The van der Waals surface area contributed by atoms with Crippen molar-refractivity contribution in [1.29, 1.82) is 0 Å². The highest BCUT2D eigenvalue weighted by atomic mass is 16.3. The van der Waals surface area contributed by atoms with Gasteiger partial charge in [-0.3, -0.25) is 4.79 Å². The number of phenolic OH excluding ortho intramolecular Hbond substituents is 1. The fourth-order valence-electron chi connectivity index (χ4n) is 1.16. The first kappa shape index (κ1) is 11.6. The van der Waals surface area contributed by atoms with Gasteiger partial charge in [-0.1, -0.05) is 13.0 Å². The number of nitrogens with one attached hydrogen (secondary N) is 1. The molecule has 3 heteroatoms. The van der Waals surface area contributed by atoms with Gasteiger partial charge in [0.05, 0.1) is 0 Å². The summed E-state index contributed by atoms with van der Waals surface area (Å²) >= 11 is 0. The van der Waals surface area contributed by atoms with Gasteiger partial charge >= 0.3 is 0 Å². The summed E-state index contributed by atoms with van der Waals surface area (Å²) in [5.41, 5.74) is 1.27. The van der Waals surface area contributed by atoms with E-state index in [4.69, 9.17) is 0 Å². The smallest absolute Gasteiger partial charge is 0.251 e. The second kappa shape index (κ2) is 4.82. The monoisotopic (exact) mass is 207 g/mol. The molecule has 0 aliphatic carbocycles. The first-order chi connectivity index (χ1) is 7.04. The highest BCUT2D eigenvalue weighted by molar-refractivity contribution is 5.94. The molecular formula is C12H17NO2. The summed E-state index contributed by atoms with van der Waals surface area (Å²) in [4.78, 5) is 11.7. The second-order valence-corrected chi connectivity index (χ2v) is 3.78. The fraction of sp³-hybridized carbons (Fsp3) is 0.417. The summed E-state index contributed by atoms with van der Waals surface area (Å²) in [6.07, 6.45) is 0.892. The van der Waals surface area contributed by atoms with Crippen LogP contribution in [0.4, 0.5) is 0 Å². The minimum atomic E-state index is -0.139. The third-order valence-electron chi connectivity index (χ3n) is 2.46. The zero-order chi connectivity index (χ0) is 11.4. The molecule has 1 amide bonds. The Balaban J connectivity index is 2.78. The van der Waals surface area contributed by atoms with E-state index in [2.05, 4.69) is 5.32 Å². The predicted octanol–water partition coefficient (Wildman–Crippen LogP) is 2.23. The number of aromatic hydroxyl groups is 1. The molecule has 0 fully saturated rings. The van der Waals surface area contributed by atoms with Crippen molar-refractivity contribution in [1.82, 2.24) is 5.32 Å². The lowest BCUT2D eigenvalue weighted by Crippen LogP contribution is -2.31. The number of hydrogen-bond donors (Lipinski definition) is 2. The van der Waals surface area contributed by atoms with Crippen LogP contribution in [0.15, 0.2) is 18.2 Å². The van der Waals surface area contributed by atoms with Crippen LogP contribution < -0.4 is 5.32 Å². The zero-order valence-electron chi connectivity index (χ0n) is 9.37. The highest BCUT2D eigenvalue weighted by Crippen LogP contribution is 2.17. The van der Waals surface area contributed by atoms with Gasteiger partial charge in [-0.2, -0.15) is 0 Å². The van der Waals surface area contributed by atoms with Crippen molar-refractivity contribution in [2.45, 2.75) is 33.2 Å². The van der Waals surface area contributed by atoms with Gasteiger partial charge in [-0.25, -0.2) is 0 Å². The van der Waals surface area contributed by atoms with Crippen LogP contribution in [0.1, 0.15) is 36.2 Å². The maximum absolute atomic E-state index is 11.7. The van der Waals surface area contributed by atoms with Gasteiger partial charge in [0.1, 0.15) is 5.75 Å². The van der Waals surface area contributed by atoms with E-state index < -0.39 is 0 Å². The Morgan fingerprint density at radius 3 is 2.73 bits per heavy atom. The number of aryl methyl sites for hydroxylation is 1. The SMILES string of the molecule is CCC(C)NC(=O)c1ccc(C)c(O)c1. The predicted molar refractivity (Wildman–Crippen MR) is 60.1 cm³/mol. The van der Waals surface area contributed by atoms with Crippen LogP contribution in [0.5, 0.6) is 5.75 Å². The van der Waals surface area contributed by atoms with Gasteiger partial charge in [0.2, 0.25) is 0 Å². The molecule has 0 aliphatic heterocycles. The minimum Gasteiger partial charge on any atom is -0.508 e. The lowest BCUT2D eigenvalue weighted by Gasteiger charge is -2.11. The first-order valence-corrected chi connectivity index (χ1v) is 5.15. The van der Waals surface area contributed by atoms with E-state index in [0.717, 1.165) is 12.0 Å². The van der Waals surface area contributed by atoms with E-state index in [0.29, 0.717) is 5.56 Å². The number of rotatable bonds is 3. The molecule has 82 valence electrons. The van der Waals surface area contributed by atoms with Crippen molar-refractivity contribution < 1.29 is 9.90 Å². The summed E-state index contributed by atoms with van der Waals surface area (Å²) in [6, 6.07) is 5.10. The van der Waals surface area contributed by atoms with Gasteiger partial charge in [0.15, 0.2) is 0 Å². The summed E-state index contributed by atoms with van der Waals surface area (Å²) in [5.74, 6) is 0.0199. The average Bonchev–Trinajstić information content (AvgIpc) is 2.21. The number of amides is 1. The first-order valence-electron chi connectivity index (χ1n) is 5.15. The van der Waals surface area contributed by atoms with Gasteiger partial charge in [-0.15, -0.1) is 0 Å². The molecule has 15 heavy (non-hydrogen) atoms. The minimum absolute atomic E-state index is 0.139. The van der Waals surface area contributed by atoms with E-state index >= 15 is 0 Å². The Kier molecular flexibility index (Phi) is 3.72. The van der Waals surface area contributed by atoms with Crippen molar-refractivity contribution in [2.75, 3.05) is 0 Å². The van der Waals surface area contributed by atoms with Crippen LogP contribution in [0.2, 0.25) is 0 Å². The quantitative estimate of drug-likeness (QED) is 0.798. The van der Waals surface area contributed by atoms with Gasteiger partial charge in [0, 0.05) is 11.6 Å². The number of phenols is 1. The molecule has 1 aromatic rings. The van der Waals surface area contributed by atoms with E-state index in [1.54, 1.807) is 19.1 Å². The Hall–Kier alpha value is -1.51. The Labute approximate surface area is 90.1 Å². The largest absolute Gasteiger partial charge is 0.508 e. The van der Waals surface area contributed by atoms with Crippen molar-refractivity contribution in [3.63, 3.8) is 0 Å². The van der Waals surface area contributed by atoms with E-state index in [1.807, 2.05) is 13.8 Å². The molecule has 0 saturated carbocycles. The standard InChI is InChI=1S/C12H17NO2/c1-4-9(3)13-12(15)10-6-5-8(2)11(14)7-10/h5-7,9,14H,4H2,1-3H3,(H,13,15). The van der Waals surface area contributed by atoms with Crippen LogP contribution in [-0.2, 0) is 0 Å². The van der Waals surface area contributed by atoms with Crippen LogP contribution in [-0.4, -0.2) is 17.1 Å². The van der Waals surface area contributed by atoms with Gasteiger partial charge in [-0.05, 0) is 38.0 Å². The maximum Gasteiger partial charge on any atom is 0.251 e. The lowest BCUT2D eigenvalue weighted by atomic mass is 10.1. The van der Waals surface area contributed by atoms with Gasteiger partial charge < -0.3 is 10.4 Å². The highest BCUT2D eigenvalue weighted by Gasteiger charge is 2.09. The summed E-state index contributed by atoms with van der Waals surface area (Å²) in [7, 11) is 0. The third-order valence-corrected chi connectivity index (χ3v) is 2.46. The molecule has 2 N–H and O–H groups in total. The van der Waals surface area contributed by atoms with Crippen molar-refractivity contribution in [3.8, 4) is 5.75 Å². The molecule has 3 nitrogen and oxygen atoms in total. The molecule has 1 atom stereocenters.